The monoisotopic (exact) mass is 289 g/mol. The molecule has 0 amide bonds. The second-order valence-corrected chi connectivity index (χ2v) is 6.28. The highest BCUT2D eigenvalue weighted by Gasteiger charge is 2.28. The predicted molar refractivity (Wildman–Crippen MR) is 81.7 cm³/mol. The molecule has 0 N–H and O–H groups in total. The van der Waals surface area contributed by atoms with Gasteiger partial charge in [-0.05, 0) is 31.6 Å². The van der Waals surface area contributed by atoms with Crippen LogP contribution in [0.3, 0.4) is 0 Å². The number of hydrogen-bond donors (Lipinski definition) is 0. The van der Waals surface area contributed by atoms with Crippen LogP contribution in [0.15, 0.2) is 47.5 Å². The van der Waals surface area contributed by atoms with Crippen molar-refractivity contribution in [3.05, 3.63) is 48.2 Å². The number of aryl methyl sites for hydroxylation is 1. The van der Waals surface area contributed by atoms with E-state index in [0.717, 1.165) is 5.56 Å². The van der Waals surface area contributed by atoms with E-state index in [1.54, 1.807) is 30.3 Å². The van der Waals surface area contributed by atoms with E-state index in [0.29, 0.717) is 6.42 Å². The molecule has 1 rings (SSSR count). The number of rotatable bonds is 6. The minimum absolute atomic E-state index is 0.169. The van der Waals surface area contributed by atoms with Crippen LogP contribution in [0.25, 0.3) is 0 Å². The molecule has 0 aliphatic rings. The fourth-order valence-corrected chi connectivity index (χ4v) is 3.36. The summed E-state index contributed by atoms with van der Waals surface area (Å²) < 4.78 is 26.6. The number of terminal acetylenes is 1. The van der Waals surface area contributed by atoms with Crippen LogP contribution in [0.4, 0.5) is 0 Å². The van der Waals surface area contributed by atoms with E-state index in [1.165, 1.54) is 4.31 Å². The fourth-order valence-electron chi connectivity index (χ4n) is 1.80. The molecule has 20 heavy (non-hydrogen) atoms. The maximum atomic E-state index is 12.7. The summed E-state index contributed by atoms with van der Waals surface area (Å²) in [5.41, 5.74) is 3.59. The summed E-state index contributed by atoms with van der Waals surface area (Å²) in [5, 5.41) is 0. The van der Waals surface area contributed by atoms with Crippen LogP contribution in [-0.2, 0) is 10.0 Å². The Morgan fingerprint density at radius 1 is 1.40 bits per heavy atom. The molecule has 3 nitrogen and oxygen atoms in total. The first-order valence-corrected chi connectivity index (χ1v) is 7.80. The Labute approximate surface area is 121 Å². The Balaban J connectivity index is 3.26. The van der Waals surface area contributed by atoms with Gasteiger partial charge in [-0.3, -0.25) is 0 Å². The van der Waals surface area contributed by atoms with Crippen molar-refractivity contribution in [2.75, 3.05) is 6.54 Å². The zero-order valence-corrected chi connectivity index (χ0v) is 12.7. The van der Waals surface area contributed by atoms with E-state index in [2.05, 4.69) is 18.2 Å². The molecule has 0 saturated heterocycles. The van der Waals surface area contributed by atoms with Gasteiger partial charge in [-0.2, -0.15) is 4.31 Å². The van der Waals surface area contributed by atoms with E-state index in [9.17, 15) is 8.42 Å². The highest BCUT2D eigenvalue weighted by Crippen LogP contribution is 2.20. The third-order valence-corrected chi connectivity index (χ3v) is 4.86. The summed E-state index contributed by atoms with van der Waals surface area (Å²) in [5.74, 6) is 2.53. The molecule has 0 fully saturated rings. The average Bonchev–Trinajstić information content (AvgIpc) is 2.43. The van der Waals surface area contributed by atoms with Crippen molar-refractivity contribution in [3.63, 3.8) is 0 Å². The topological polar surface area (TPSA) is 37.4 Å². The quantitative estimate of drug-likeness (QED) is 0.596. The summed E-state index contributed by atoms with van der Waals surface area (Å²) in [6, 6.07) is 6.25. The normalized spacial score (nSPS) is 12.5. The summed E-state index contributed by atoms with van der Waals surface area (Å²) in [6.07, 6.45) is 7.56. The van der Waals surface area contributed by atoms with Gasteiger partial charge in [0.15, 0.2) is 0 Å². The maximum absolute atomic E-state index is 12.7. The lowest BCUT2D eigenvalue weighted by atomic mass is 10.2. The van der Waals surface area contributed by atoms with Crippen LogP contribution in [0.5, 0.6) is 0 Å². The Bertz CT molecular complexity index is 632. The third-order valence-electron chi connectivity index (χ3n) is 2.97. The molecular formula is C16H19NO2S. The van der Waals surface area contributed by atoms with Crippen molar-refractivity contribution in [2.24, 2.45) is 0 Å². The van der Waals surface area contributed by atoms with Crippen LogP contribution < -0.4 is 0 Å². The molecule has 0 radical (unpaired) electrons. The molecular weight excluding hydrogens is 270 g/mol. The average molecular weight is 289 g/mol. The van der Waals surface area contributed by atoms with Gasteiger partial charge in [0.05, 0.1) is 10.9 Å². The molecule has 0 aromatic heterocycles. The maximum Gasteiger partial charge on any atom is 0.244 e. The summed E-state index contributed by atoms with van der Waals surface area (Å²) in [6.45, 7) is 7.39. The Hall–Kier alpha value is -1.79. The van der Waals surface area contributed by atoms with Crippen molar-refractivity contribution in [3.8, 4) is 12.3 Å². The number of hydrogen-bond acceptors (Lipinski definition) is 2. The lowest BCUT2D eigenvalue weighted by Gasteiger charge is -2.25. The van der Waals surface area contributed by atoms with Crippen LogP contribution in [-0.4, -0.2) is 25.3 Å². The van der Waals surface area contributed by atoms with Crippen LogP contribution >= 0.6 is 0 Å². The zero-order chi connectivity index (χ0) is 15.2. The van der Waals surface area contributed by atoms with Gasteiger partial charge in [-0.25, -0.2) is 8.42 Å². The van der Waals surface area contributed by atoms with Crippen LogP contribution in [0, 0.1) is 19.3 Å². The second-order valence-electron chi connectivity index (χ2n) is 4.39. The molecule has 1 aromatic rings. The summed E-state index contributed by atoms with van der Waals surface area (Å²) in [4.78, 5) is 0.245. The molecule has 1 unspecified atom stereocenters. The molecule has 1 aromatic carbocycles. The van der Waals surface area contributed by atoms with Crippen molar-refractivity contribution < 1.29 is 8.42 Å². The summed E-state index contributed by atoms with van der Waals surface area (Å²) >= 11 is 0. The summed E-state index contributed by atoms with van der Waals surface area (Å²) in [7, 11) is -3.62. The first kappa shape index (κ1) is 16.3. The minimum Gasteiger partial charge on any atom is -0.207 e. The lowest BCUT2D eigenvalue weighted by Crippen LogP contribution is -2.39. The van der Waals surface area contributed by atoms with E-state index >= 15 is 0 Å². The van der Waals surface area contributed by atoms with Gasteiger partial charge < -0.3 is 0 Å². The molecule has 106 valence electrons. The van der Waals surface area contributed by atoms with E-state index < -0.39 is 16.1 Å². The highest BCUT2D eigenvalue weighted by atomic mass is 32.2. The van der Waals surface area contributed by atoms with Crippen molar-refractivity contribution >= 4 is 10.0 Å². The van der Waals surface area contributed by atoms with Gasteiger partial charge in [-0.15, -0.1) is 12.2 Å². The van der Waals surface area contributed by atoms with Gasteiger partial charge >= 0.3 is 0 Å². The van der Waals surface area contributed by atoms with Gasteiger partial charge in [-0.1, -0.05) is 37.1 Å². The standard InChI is InChI=1S/C16H19NO2S/c1-5-8-13-17(15(6-2)7-3)20(18,19)16-11-9-14(4)10-12-16/h2,8-12,15H,1,7,13H2,3-4H3. The smallest absolute Gasteiger partial charge is 0.207 e. The molecule has 0 heterocycles. The van der Waals surface area contributed by atoms with Crippen LogP contribution in [0.2, 0.25) is 0 Å². The first-order valence-electron chi connectivity index (χ1n) is 6.36. The molecule has 0 saturated carbocycles. The Morgan fingerprint density at radius 3 is 2.45 bits per heavy atom. The molecule has 4 heteroatoms. The van der Waals surface area contributed by atoms with Crippen molar-refractivity contribution in [1.82, 2.24) is 4.31 Å². The highest BCUT2D eigenvalue weighted by molar-refractivity contribution is 7.89. The van der Waals surface area contributed by atoms with Crippen molar-refractivity contribution in [2.45, 2.75) is 31.2 Å². The largest absolute Gasteiger partial charge is 0.244 e. The third kappa shape index (κ3) is 3.61. The van der Waals surface area contributed by atoms with Gasteiger partial charge in [0, 0.05) is 6.54 Å². The first-order chi connectivity index (χ1) is 9.47. The molecule has 0 spiro atoms. The van der Waals surface area contributed by atoms with E-state index in [4.69, 9.17) is 6.42 Å². The predicted octanol–water partition coefficient (Wildman–Crippen LogP) is 2.74. The van der Waals surface area contributed by atoms with E-state index in [-0.39, 0.29) is 11.4 Å². The molecule has 0 bridgehead atoms. The van der Waals surface area contributed by atoms with E-state index in [1.807, 2.05) is 13.8 Å². The second kappa shape index (κ2) is 7.12. The fraction of sp³-hybridized carbons (Fsp3) is 0.312. The van der Waals surface area contributed by atoms with Crippen LogP contribution in [0.1, 0.15) is 18.9 Å². The molecule has 0 aliphatic heterocycles. The number of benzene rings is 1. The number of sulfonamides is 1. The Kier molecular flexibility index (Phi) is 5.79. The zero-order valence-electron chi connectivity index (χ0n) is 11.8. The van der Waals surface area contributed by atoms with Crippen molar-refractivity contribution in [1.29, 1.82) is 0 Å². The number of nitrogens with zero attached hydrogens (tertiary/aromatic N) is 1. The minimum atomic E-state index is -3.62. The molecule has 0 aliphatic carbocycles. The molecule has 1 atom stereocenters. The van der Waals surface area contributed by atoms with Gasteiger partial charge in [0.25, 0.3) is 0 Å². The Morgan fingerprint density at radius 2 is 2.00 bits per heavy atom. The lowest BCUT2D eigenvalue weighted by molar-refractivity contribution is 0.391. The SMILES string of the molecule is C#CC(CC)N(CC=C=C)S(=O)(=O)c1ccc(C)cc1. The van der Waals surface area contributed by atoms with Gasteiger partial charge in [0.1, 0.15) is 0 Å². The van der Waals surface area contributed by atoms with Gasteiger partial charge in [0.2, 0.25) is 10.0 Å².